The van der Waals surface area contributed by atoms with E-state index in [9.17, 15) is 0 Å². The molecular weight excluding hydrogens is 238 g/mol. The average Bonchev–Trinajstić information content (AvgIpc) is 2.34. The molecule has 1 aromatic heterocycles. The van der Waals surface area contributed by atoms with Gasteiger partial charge in [-0.2, -0.15) is 0 Å². The Labute approximate surface area is 108 Å². The van der Waals surface area contributed by atoms with E-state index in [0.717, 1.165) is 24.6 Å². The Kier molecular flexibility index (Phi) is 6.26. The zero-order chi connectivity index (χ0) is 12.7. The second-order valence-corrected chi connectivity index (χ2v) is 4.11. The Balaban J connectivity index is 2.84. The first-order valence-corrected chi connectivity index (χ1v) is 6.14. The van der Waals surface area contributed by atoms with Crippen LogP contribution in [-0.2, 0) is 11.3 Å². The van der Waals surface area contributed by atoms with E-state index in [2.05, 4.69) is 22.1 Å². The molecule has 1 rings (SSSR count). The average molecular weight is 258 g/mol. The highest BCUT2D eigenvalue weighted by Crippen LogP contribution is 2.19. The molecule has 0 aromatic carbocycles. The molecule has 0 fully saturated rings. The van der Waals surface area contributed by atoms with Gasteiger partial charge in [-0.3, -0.25) is 0 Å². The summed E-state index contributed by atoms with van der Waals surface area (Å²) in [7, 11) is 3.59. The molecule has 5 heteroatoms. The van der Waals surface area contributed by atoms with Crippen molar-refractivity contribution in [1.29, 1.82) is 0 Å². The molecule has 0 atom stereocenters. The number of methoxy groups -OCH3 is 1. The first-order valence-electron chi connectivity index (χ1n) is 5.76. The van der Waals surface area contributed by atoms with Gasteiger partial charge in [0, 0.05) is 26.7 Å². The van der Waals surface area contributed by atoms with Gasteiger partial charge in [-0.1, -0.05) is 11.6 Å². The lowest BCUT2D eigenvalue weighted by Crippen LogP contribution is -2.28. The Morgan fingerprint density at radius 3 is 2.82 bits per heavy atom. The van der Waals surface area contributed by atoms with Crippen molar-refractivity contribution in [3.63, 3.8) is 0 Å². The summed E-state index contributed by atoms with van der Waals surface area (Å²) in [5.74, 6) is 0.944. The topological polar surface area (TPSA) is 37.4 Å². The number of pyridine rings is 1. The van der Waals surface area contributed by atoms with Crippen LogP contribution in [0, 0.1) is 0 Å². The van der Waals surface area contributed by atoms with Gasteiger partial charge in [0.15, 0.2) is 0 Å². The summed E-state index contributed by atoms with van der Waals surface area (Å²) in [6, 6.07) is 3.84. The van der Waals surface area contributed by atoms with E-state index in [1.54, 1.807) is 7.11 Å². The van der Waals surface area contributed by atoms with Crippen LogP contribution in [0.2, 0.25) is 5.02 Å². The number of hydrogen-bond donors (Lipinski definition) is 1. The number of anilines is 1. The van der Waals surface area contributed by atoms with E-state index in [4.69, 9.17) is 16.3 Å². The molecule has 1 aromatic rings. The van der Waals surface area contributed by atoms with Crippen LogP contribution in [0.3, 0.4) is 0 Å². The Bertz CT molecular complexity index is 347. The molecule has 0 aliphatic heterocycles. The minimum absolute atomic E-state index is 0.675. The quantitative estimate of drug-likeness (QED) is 0.810. The van der Waals surface area contributed by atoms with Crippen LogP contribution >= 0.6 is 11.6 Å². The van der Waals surface area contributed by atoms with Crippen molar-refractivity contribution in [2.45, 2.75) is 13.5 Å². The molecule has 0 amide bonds. The number of ether oxygens (including phenoxy) is 1. The number of hydrogen-bond acceptors (Lipinski definition) is 4. The summed E-state index contributed by atoms with van der Waals surface area (Å²) in [6.45, 7) is 5.20. The van der Waals surface area contributed by atoms with Crippen molar-refractivity contribution < 1.29 is 4.74 Å². The Morgan fingerprint density at radius 2 is 2.24 bits per heavy atom. The monoisotopic (exact) mass is 257 g/mol. The molecule has 96 valence electrons. The normalized spacial score (nSPS) is 10.6. The highest BCUT2D eigenvalue weighted by Gasteiger charge is 2.08. The number of aromatic nitrogens is 1. The molecule has 0 aliphatic carbocycles. The van der Waals surface area contributed by atoms with Crippen molar-refractivity contribution >= 4 is 17.4 Å². The van der Waals surface area contributed by atoms with E-state index >= 15 is 0 Å². The minimum atomic E-state index is 0.675. The fourth-order valence-electron chi connectivity index (χ4n) is 1.58. The maximum Gasteiger partial charge on any atom is 0.129 e. The van der Waals surface area contributed by atoms with Gasteiger partial charge < -0.3 is 15.0 Å². The third-order valence-electron chi connectivity index (χ3n) is 2.52. The second-order valence-electron chi connectivity index (χ2n) is 3.70. The third kappa shape index (κ3) is 4.15. The van der Waals surface area contributed by atoms with E-state index in [1.165, 1.54) is 0 Å². The molecular formula is C12H20ClN3O. The van der Waals surface area contributed by atoms with Gasteiger partial charge >= 0.3 is 0 Å². The van der Waals surface area contributed by atoms with E-state index in [0.29, 0.717) is 18.2 Å². The van der Waals surface area contributed by atoms with Gasteiger partial charge in [-0.05, 0) is 26.1 Å². The van der Waals surface area contributed by atoms with Crippen molar-refractivity contribution in [3.8, 4) is 0 Å². The first-order chi connectivity index (χ1) is 8.22. The lowest BCUT2D eigenvalue weighted by molar-refractivity contribution is 0.205. The second kappa shape index (κ2) is 7.48. The molecule has 1 heterocycles. The van der Waals surface area contributed by atoms with Gasteiger partial charge in [0.25, 0.3) is 0 Å². The standard InChI is InChI=1S/C12H20ClN3O/c1-4-16(7-8-17-3)12-6-5-10(13)11(15-12)9-14-2/h5-6,14H,4,7-9H2,1-3H3. The molecule has 17 heavy (non-hydrogen) atoms. The van der Waals surface area contributed by atoms with Gasteiger partial charge in [-0.25, -0.2) is 4.98 Å². The number of nitrogens with one attached hydrogen (secondary N) is 1. The fraction of sp³-hybridized carbons (Fsp3) is 0.583. The molecule has 0 saturated carbocycles. The summed E-state index contributed by atoms with van der Waals surface area (Å²) in [5, 5.41) is 3.76. The van der Waals surface area contributed by atoms with Crippen LogP contribution in [0.5, 0.6) is 0 Å². The van der Waals surface area contributed by atoms with E-state index in [1.807, 2.05) is 19.2 Å². The predicted molar refractivity (Wildman–Crippen MR) is 71.8 cm³/mol. The van der Waals surface area contributed by atoms with Crippen LogP contribution in [0.4, 0.5) is 5.82 Å². The van der Waals surface area contributed by atoms with Crippen molar-refractivity contribution in [3.05, 3.63) is 22.8 Å². The first kappa shape index (κ1) is 14.2. The van der Waals surface area contributed by atoms with Crippen LogP contribution in [0.1, 0.15) is 12.6 Å². The zero-order valence-corrected chi connectivity index (χ0v) is 11.4. The lowest BCUT2D eigenvalue weighted by atomic mass is 10.3. The summed E-state index contributed by atoms with van der Waals surface area (Å²) < 4.78 is 5.09. The van der Waals surface area contributed by atoms with Gasteiger partial charge in [0.1, 0.15) is 5.82 Å². The SMILES string of the molecule is CCN(CCOC)c1ccc(Cl)c(CNC)n1. The van der Waals surface area contributed by atoms with Gasteiger partial charge in [0.2, 0.25) is 0 Å². The smallest absolute Gasteiger partial charge is 0.129 e. The van der Waals surface area contributed by atoms with Crippen LogP contribution in [-0.4, -0.2) is 38.8 Å². The highest BCUT2D eigenvalue weighted by atomic mass is 35.5. The lowest BCUT2D eigenvalue weighted by Gasteiger charge is -2.22. The van der Waals surface area contributed by atoms with E-state index in [-0.39, 0.29) is 0 Å². The maximum atomic E-state index is 6.08. The molecule has 0 radical (unpaired) electrons. The number of nitrogens with zero attached hydrogens (tertiary/aromatic N) is 2. The third-order valence-corrected chi connectivity index (χ3v) is 2.86. The number of likely N-dealkylation sites (N-methyl/N-ethyl adjacent to an activating group) is 1. The summed E-state index contributed by atoms with van der Waals surface area (Å²) in [5.41, 5.74) is 0.877. The number of halogens is 1. The molecule has 0 bridgehead atoms. The Morgan fingerprint density at radius 1 is 1.47 bits per heavy atom. The molecule has 0 aliphatic rings. The fourth-order valence-corrected chi connectivity index (χ4v) is 1.75. The highest BCUT2D eigenvalue weighted by molar-refractivity contribution is 6.31. The van der Waals surface area contributed by atoms with Crippen molar-refractivity contribution in [2.24, 2.45) is 0 Å². The molecule has 4 nitrogen and oxygen atoms in total. The van der Waals surface area contributed by atoms with Crippen LogP contribution < -0.4 is 10.2 Å². The summed E-state index contributed by atoms with van der Waals surface area (Å²) in [6.07, 6.45) is 0. The van der Waals surface area contributed by atoms with Crippen LogP contribution in [0.25, 0.3) is 0 Å². The molecule has 0 spiro atoms. The van der Waals surface area contributed by atoms with Crippen molar-refractivity contribution in [2.75, 3.05) is 38.8 Å². The maximum absolute atomic E-state index is 6.08. The molecule has 0 saturated heterocycles. The van der Waals surface area contributed by atoms with Gasteiger partial charge in [-0.15, -0.1) is 0 Å². The summed E-state index contributed by atoms with van der Waals surface area (Å²) >= 11 is 6.08. The minimum Gasteiger partial charge on any atom is -0.383 e. The predicted octanol–water partition coefficient (Wildman–Crippen LogP) is 1.93. The number of rotatable bonds is 7. The molecule has 1 N–H and O–H groups in total. The Hall–Kier alpha value is -0.840. The van der Waals surface area contributed by atoms with Crippen molar-refractivity contribution in [1.82, 2.24) is 10.3 Å². The largest absolute Gasteiger partial charge is 0.383 e. The zero-order valence-electron chi connectivity index (χ0n) is 10.7. The summed E-state index contributed by atoms with van der Waals surface area (Å²) in [4.78, 5) is 6.73. The molecule has 0 unspecified atom stereocenters. The van der Waals surface area contributed by atoms with E-state index < -0.39 is 0 Å². The van der Waals surface area contributed by atoms with Gasteiger partial charge in [0.05, 0.1) is 17.3 Å². The van der Waals surface area contributed by atoms with Crippen LogP contribution in [0.15, 0.2) is 12.1 Å².